The highest BCUT2D eigenvalue weighted by atomic mass is 35.5. The molecule has 0 saturated carbocycles. The van der Waals surface area contributed by atoms with Crippen LogP contribution in [0.2, 0.25) is 5.02 Å². The van der Waals surface area contributed by atoms with Gasteiger partial charge in [-0.2, -0.15) is 5.11 Å². The largest absolute Gasteiger partial charge is 0.438 e. The summed E-state index contributed by atoms with van der Waals surface area (Å²) >= 11 is 7.74. The first-order chi connectivity index (χ1) is 12.8. The molecule has 2 aromatic carbocycles. The van der Waals surface area contributed by atoms with E-state index in [2.05, 4.69) is 21.5 Å². The Hall–Kier alpha value is -2.83. The third-order valence-corrected chi connectivity index (χ3v) is 5.34. The predicted octanol–water partition coefficient (Wildman–Crippen LogP) is 6.07. The van der Waals surface area contributed by atoms with Crippen molar-refractivity contribution < 1.29 is 4.74 Å². The number of nitrogens with zero attached hydrogens (tertiary/aromatic N) is 4. The van der Waals surface area contributed by atoms with Gasteiger partial charge in [-0.15, -0.1) is 16.4 Å². The highest BCUT2D eigenvalue weighted by molar-refractivity contribution is 7.18. The van der Waals surface area contributed by atoms with E-state index in [0.717, 1.165) is 32.3 Å². The summed E-state index contributed by atoms with van der Waals surface area (Å²) < 4.78 is 7.19. The molecular weight excluding hydrogens is 368 g/mol. The van der Waals surface area contributed by atoms with Crippen LogP contribution >= 0.6 is 22.9 Å². The summed E-state index contributed by atoms with van der Waals surface area (Å²) in [5.41, 5.74) is 2.67. The number of ether oxygens (including phenoxy) is 1. The van der Waals surface area contributed by atoms with Gasteiger partial charge in [-0.05, 0) is 40.9 Å². The van der Waals surface area contributed by atoms with E-state index in [9.17, 15) is 0 Å². The second kappa shape index (κ2) is 6.16. The lowest BCUT2D eigenvalue weighted by Crippen LogP contribution is -2.01. The van der Waals surface area contributed by atoms with Crippen LogP contribution in [0.25, 0.3) is 21.0 Å². The van der Waals surface area contributed by atoms with Crippen LogP contribution in [0.15, 0.2) is 69.3 Å². The Bertz CT molecular complexity index is 1210. The van der Waals surface area contributed by atoms with Crippen molar-refractivity contribution in [1.82, 2.24) is 4.98 Å². The number of hydrogen-bond acceptors (Lipinski definition) is 6. The van der Waals surface area contributed by atoms with Gasteiger partial charge in [0.1, 0.15) is 12.3 Å². The number of hydrogen-bond donors (Lipinski definition) is 0. The summed E-state index contributed by atoms with van der Waals surface area (Å²) in [6.45, 7) is 0.499. The summed E-state index contributed by atoms with van der Waals surface area (Å²) in [6, 6.07) is 15.4. The maximum atomic E-state index is 6.07. The van der Waals surface area contributed by atoms with Crippen molar-refractivity contribution in [3.05, 3.63) is 64.5 Å². The second-order valence-electron chi connectivity index (χ2n) is 5.81. The SMILES string of the molecule is Clc1cccc(Oc2nc3cc(C4=NN=NC4)ccc3c3sccc23)c1. The van der Waals surface area contributed by atoms with Gasteiger partial charge in [0.2, 0.25) is 5.88 Å². The third kappa shape index (κ3) is 2.64. The zero-order valence-electron chi connectivity index (χ0n) is 13.4. The first-order valence-corrected chi connectivity index (χ1v) is 9.22. The quantitative estimate of drug-likeness (QED) is 0.434. The Labute approximate surface area is 157 Å². The maximum absolute atomic E-state index is 6.07. The number of thiophene rings is 1. The van der Waals surface area contributed by atoms with Crippen LogP contribution in [0.1, 0.15) is 5.56 Å². The number of halogens is 1. The monoisotopic (exact) mass is 378 g/mol. The normalized spacial score (nSPS) is 13.5. The first-order valence-electron chi connectivity index (χ1n) is 7.96. The summed E-state index contributed by atoms with van der Waals surface area (Å²) in [7, 11) is 0. The molecule has 5 rings (SSSR count). The number of fused-ring (bicyclic) bond motifs is 3. The zero-order chi connectivity index (χ0) is 17.5. The zero-order valence-corrected chi connectivity index (χ0v) is 15.0. The van der Waals surface area contributed by atoms with Gasteiger partial charge in [0.15, 0.2) is 0 Å². The van der Waals surface area contributed by atoms with Gasteiger partial charge < -0.3 is 4.74 Å². The minimum atomic E-state index is 0.499. The van der Waals surface area contributed by atoms with Gasteiger partial charge in [-0.3, -0.25) is 0 Å². The fraction of sp³-hybridized carbons (Fsp3) is 0.0526. The van der Waals surface area contributed by atoms with Crippen LogP contribution in [-0.2, 0) is 0 Å². The number of pyridine rings is 1. The van der Waals surface area contributed by atoms with E-state index in [1.165, 1.54) is 0 Å². The summed E-state index contributed by atoms with van der Waals surface area (Å²) in [5.74, 6) is 1.22. The standard InChI is InChI=1S/C19H11ClN4OS/c20-12-2-1-3-13(9-12)25-19-15-6-7-26-18(15)14-5-4-11(8-16(14)22-19)17-10-21-24-23-17/h1-9H,10H2. The summed E-state index contributed by atoms with van der Waals surface area (Å²) in [5, 5.41) is 16.4. The van der Waals surface area contributed by atoms with Crippen LogP contribution in [0.3, 0.4) is 0 Å². The average molecular weight is 379 g/mol. The Morgan fingerprint density at radius 1 is 1.04 bits per heavy atom. The fourth-order valence-electron chi connectivity index (χ4n) is 2.94. The number of benzene rings is 2. The molecule has 126 valence electrons. The van der Waals surface area contributed by atoms with Crippen LogP contribution in [0, 0.1) is 0 Å². The van der Waals surface area contributed by atoms with Crippen LogP contribution < -0.4 is 4.74 Å². The van der Waals surface area contributed by atoms with E-state index in [0.29, 0.717) is 23.2 Å². The van der Waals surface area contributed by atoms with Gasteiger partial charge >= 0.3 is 0 Å². The van der Waals surface area contributed by atoms with Crippen molar-refractivity contribution in [2.45, 2.75) is 0 Å². The molecule has 3 heterocycles. The molecule has 0 saturated heterocycles. The van der Waals surface area contributed by atoms with Crippen molar-refractivity contribution in [1.29, 1.82) is 0 Å². The van der Waals surface area contributed by atoms with Crippen molar-refractivity contribution in [3.63, 3.8) is 0 Å². The lowest BCUT2D eigenvalue weighted by atomic mass is 10.1. The van der Waals surface area contributed by atoms with Crippen LogP contribution in [-0.4, -0.2) is 17.2 Å². The van der Waals surface area contributed by atoms with Gasteiger partial charge in [-0.1, -0.05) is 29.8 Å². The Morgan fingerprint density at radius 2 is 2.00 bits per heavy atom. The number of aromatic nitrogens is 1. The van der Waals surface area contributed by atoms with E-state index in [1.807, 2.05) is 41.8 Å². The molecule has 0 spiro atoms. The molecule has 0 aliphatic carbocycles. The minimum absolute atomic E-state index is 0.499. The number of rotatable bonds is 3. The average Bonchev–Trinajstić information content (AvgIpc) is 3.33. The molecule has 0 radical (unpaired) electrons. The van der Waals surface area contributed by atoms with Gasteiger partial charge in [0.05, 0.1) is 16.6 Å². The van der Waals surface area contributed by atoms with Gasteiger partial charge in [0, 0.05) is 20.7 Å². The summed E-state index contributed by atoms with van der Waals surface area (Å²) in [6.07, 6.45) is 0. The molecule has 0 N–H and O–H groups in total. The highest BCUT2D eigenvalue weighted by Gasteiger charge is 2.14. The molecule has 0 amide bonds. The third-order valence-electron chi connectivity index (χ3n) is 4.15. The smallest absolute Gasteiger partial charge is 0.228 e. The van der Waals surface area contributed by atoms with Crippen LogP contribution in [0.4, 0.5) is 0 Å². The highest BCUT2D eigenvalue weighted by Crippen LogP contribution is 2.37. The topological polar surface area (TPSA) is 59.2 Å². The van der Waals surface area contributed by atoms with E-state index in [1.54, 1.807) is 17.4 Å². The molecule has 0 atom stereocenters. The second-order valence-corrected chi connectivity index (χ2v) is 7.16. The molecule has 4 aromatic rings. The Morgan fingerprint density at radius 3 is 2.85 bits per heavy atom. The lowest BCUT2D eigenvalue weighted by Gasteiger charge is -2.09. The van der Waals surface area contributed by atoms with E-state index in [4.69, 9.17) is 21.3 Å². The summed E-state index contributed by atoms with van der Waals surface area (Å²) in [4.78, 5) is 4.76. The maximum Gasteiger partial charge on any atom is 0.228 e. The Balaban J connectivity index is 1.67. The molecule has 1 aliphatic heterocycles. The molecule has 0 unspecified atom stereocenters. The first kappa shape index (κ1) is 15.4. The van der Waals surface area contributed by atoms with Gasteiger partial charge in [-0.25, -0.2) is 4.98 Å². The molecule has 0 fully saturated rings. The Kier molecular flexibility index (Phi) is 3.65. The van der Waals surface area contributed by atoms with Crippen molar-refractivity contribution in [3.8, 4) is 11.6 Å². The minimum Gasteiger partial charge on any atom is -0.438 e. The van der Waals surface area contributed by atoms with Crippen molar-refractivity contribution >= 4 is 49.6 Å². The molecule has 1 aliphatic rings. The van der Waals surface area contributed by atoms with Crippen molar-refractivity contribution in [2.75, 3.05) is 6.54 Å². The van der Waals surface area contributed by atoms with E-state index >= 15 is 0 Å². The van der Waals surface area contributed by atoms with E-state index in [-0.39, 0.29) is 0 Å². The molecule has 26 heavy (non-hydrogen) atoms. The molecule has 7 heteroatoms. The van der Waals surface area contributed by atoms with Crippen molar-refractivity contribution in [2.24, 2.45) is 15.4 Å². The molecule has 0 bridgehead atoms. The molecular formula is C19H11ClN4OS. The van der Waals surface area contributed by atoms with Crippen LogP contribution in [0.5, 0.6) is 11.6 Å². The fourth-order valence-corrected chi connectivity index (χ4v) is 4.04. The molecule has 5 nitrogen and oxygen atoms in total. The molecule has 2 aromatic heterocycles. The van der Waals surface area contributed by atoms with Gasteiger partial charge in [0.25, 0.3) is 0 Å². The van der Waals surface area contributed by atoms with E-state index < -0.39 is 0 Å². The lowest BCUT2D eigenvalue weighted by molar-refractivity contribution is 0.471. The predicted molar refractivity (Wildman–Crippen MR) is 105 cm³/mol.